The summed E-state index contributed by atoms with van der Waals surface area (Å²) in [5.41, 5.74) is 1.76. The molecule has 1 N–H and O–H groups in total. The first-order chi connectivity index (χ1) is 12.6. The maximum absolute atomic E-state index is 14.1. The van der Waals surface area contributed by atoms with Gasteiger partial charge in [-0.05, 0) is 44.0 Å². The van der Waals surface area contributed by atoms with Crippen LogP contribution in [0, 0.1) is 11.6 Å². The Kier molecular flexibility index (Phi) is 4.36. The van der Waals surface area contributed by atoms with E-state index >= 15 is 0 Å². The maximum atomic E-state index is 14.1. The van der Waals surface area contributed by atoms with Gasteiger partial charge in [0.2, 0.25) is 0 Å². The van der Waals surface area contributed by atoms with Crippen LogP contribution in [0.1, 0.15) is 37.4 Å². The second-order valence-electron chi connectivity index (χ2n) is 6.90. The summed E-state index contributed by atoms with van der Waals surface area (Å²) < 4.78 is 30.0. The summed E-state index contributed by atoms with van der Waals surface area (Å²) in [5, 5.41) is 0. The molecule has 0 spiro atoms. The van der Waals surface area contributed by atoms with Gasteiger partial charge in [0.05, 0.1) is 11.0 Å². The molecule has 1 atom stereocenters. The number of rotatable bonds is 3. The number of likely N-dealkylation sites (tertiary alicyclic amines) is 1. The van der Waals surface area contributed by atoms with Crippen molar-refractivity contribution in [2.45, 2.75) is 31.8 Å². The molecule has 1 aliphatic rings. The number of halogens is 2. The predicted molar refractivity (Wildman–Crippen MR) is 97.2 cm³/mol. The molecule has 6 heteroatoms. The first-order valence-electron chi connectivity index (χ1n) is 8.93. The first kappa shape index (κ1) is 17.0. The minimum Gasteiger partial charge on any atom is -0.306 e. The van der Waals surface area contributed by atoms with Crippen LogP contribution in [-0.4, -0.2) is 27.5 Å². The molecule has 1 saturated heterocycles. The van der Waals surface area contributed by atoms with Crippen LogP contribution in [0.3, 0.4) is 0 Å². The molecule has 0 saturated carbocycles. The maximum Gasteiger partial charge on any atom is 0.326 e. The highest BCUT2D eigenvalue weighted by Crippen LogP contribution is 2.31. The molecule has 26 heavy (non-hydrogen) atoms. The van der Waals surface area contributed by atoms with Crippen molar-refractivity contribution in [3.05, 3.63) is 70.1 Å². The van der Waals surface area contributed by atoms with E-state index in [9.17, 15) is 13.6 Å². The number of H-pyrrole nitrogens is 1. The molecule has 2 aromatic carbocycles. The van der Waals surface area contributed by atoms with Crippen molar-refractivity contribution in [1.82, 2.24) is 14.5 Å². The van der Waals surface area contributed by atoms with E-state index in [0.29, 0.717) is 13.1 Å². The van der Waals surface area contributed by atoms with E-state index in [-0.39, 0.29) is 23.3 Å². The summed E-state index contributed by atoms with van der Waals surface area (Å²) in [4.78, 5) is 17.3. The second-order valence-corrected chi connectivity index (χ2v) is 6.90. The minimum atomic E-state index is -0.507. The fourth-order valence-electron chi connectivity index (χ4n) is 4.06. The van der Waals surface area contributed by atoms with Gasteiger partial charge in [0.15, 0.2) is 0 Å². The van der Waals surface area contributed by atoms with Gasteiger partial charge in [-0.25, -0.2) is 13.6 Å². The molecule has 0 amide bonds. The molecule has 2 heterocycles. The smallest absolute Gasteiger partial charge is 0.306 e. The van der Waals surface area contributed by atoms with Gasteiger partial charge >= 0.3 is 5.69 Å². The van der Waals surface area contributed by atoms with Gasteiger partial charge in [0.1, 0.15) is 11.6 Å². The molecule has 4 rings (SSSR count). The van der Waals surface area contributed by atoms with Crippen molar-refractivity contribution in [2.24, 2.45) is 0 Å². The van der Waals surface area contributed by atoms with Crippen LogP contribution >= 0.6 is 0 Å². The Bertz CT molecular complexity index is 966. The number of hydrogen-bond donors (Lipinski definition) is 1. The zero-order valence-corrected chi connectivity index (χ0v) is 14.6. The third-order valence-corrected chi connectivity index (χ3v) is 5.45. The molecule has 4 nitrogen and oxygen atoms in total. The lowest BCUT2D eigenvalue weighted by Crippen LogP contribution is -2.38. The Hall–Kier alpha value is -2.47. The number of aromatic nitrogens is 2. The zero-order valence-electron chi connectivity index (χ0n) is 14.6. The molecular weight excluding hydrogens is 336 g/mol. The van der Waals surface area contributed by atoms with E-state index in [4.69, 9.17) is 0 Å². The summed E-state index contributed by atoms with van der Waals surface area (Å²) in [6, 6.07) is 11.4. The fraction of sp³-hybridized carbons (Fsp3) is 0.350. The van der Waals surface area contributed by atoms with Gasteiger partial charge in [-0.1, -0.05) is 18.2 Å². The van der Waals surface area contributed by atoms with Crippen molar-refractivity contribution in [2.75, 3.05) is 13.1 Å². The molecule has 1 aliphatic heterocycles. The third-order valence-electron chi connectivity index (χ3n) is 5.45. The standard InChI is InChI=1S/C20H21F2N3O/c1-13(19-15(21)5-4-6-16(19)22)24-11-9-14(10-12-24)25-18-8-3-2-7-17(18)23-20(25)26/h2-8,13-14H,9-12H2,1H3,(H,23,26)/t13-/m1/s1. The van der Waals surface area contributed by atoms with Crippen LogP contribution in [-0.2, 0) is 0 Å². The zero-order chi connectivity index (χ0) is 18.3. The van der Waals surface area contributed by atoms with E-state index in [2.05, 4.69) is 9.88 Å². The number of nitrogens with zero attached hydrogens (tertiary/aromatic N) is 2. The Morgan fingerprint density at radius 1 is 1.04 bits per heavy atom. The van der Waals surface area contributed by atoms with E-state index in [0.717, 1.165) is 23.9 Å². The van der Waals surface area contributed by atoms with E-state index in [1.807, 2.05) is 35.8 Å². The average molecular weight is 357 g/mol. The molecule has 1 aromatic heterocycles. The number of hydrogen-bond acceptors (Lipinski definition) is 2. The molecule has 136 valence electrons. The molecule has 3 aromatic rings. The lowest BCUT2D eigenvalue weighted by molar-refractivity contribution is 0.139. The molecular formula is C20H21F2N3O. The third kappa shape index (κ3) is 2.84. The van der Waals surface area contributed by atoms with Crippen LogP contribution in [0.15, 0.2) is 47.3 Å². The van der Waals surface area contributed by atoms with Crippen molar-refractivity contribution >= 4 is 11.0 Å². The van der Waals surface area contributed by atoms with Crippen LogP contribution in [0.2, 0.25) is 0 Å². The van der Waals surface area contributed by atoms with Gasteiger partial charge in [-0.2, -0.15) is 0 Å². The number of para-hydroxylation sites is 2. The lowest BCUT2D eigenvalue weighted by atomic mass is 9.99. The quantitative estimate of drug-likeness (QED) is 0.770. The van der Waals surface area contributed by atoms with Crippen LogP contribution in [0.4, 0.5) is 8.78 Å². The van der Waals surface area contributed by atoms with E-state index in [1.54, 1.807) is 0 Å². The minimum absolute atomic E-state index is 0.0903. The van der Waals surface area contributed by atoms with Gasteiger partial charge in [0.25, 0.3) is 0 Å². The number of imidazole rings is 1. The van der Waals surface area contributed by atoms with Gasteiger partial charge in [-0.15, -0.1) is 0 Å². The number of fused-ring (bicyclic) bond motifs is 1. The van der Waals surface area contributed by atoms with Gasteiger partial charge in [0, 0.05) is 30.7 Å². The summed E-state index contributed by atoms with van der Waals surface area (Å²) in [6.45, 7) is 3.21. The van der Waals surface area contributed by atoms with E-state index in [1.165, 1.54) is 18.2 Å². The molecule has 0 bridgehead atoms. The van der Waals surface area contributed by atoms with Gasteiger partial charge in [-0.3, -0.25) is 9.47 Å². The van der Waals surface area contributed by atoms with E-state index < -0.39 is 11.6 Å². The highest BCUT2D eigenvalue weighted by atomic mass is 19.1. The van der Waals surface area contributed by atoms with Gasteiger partial charge < -0.3 is 4.98 Å². The predicted octanol–water partition coefficient (Wildman–Crippen LogP) is 4.01. The van der Waals surface area contributed by atoms with Crippen molar-refractivity contribution in [1.29, 1.82) is 0 Å². The molecule has 0 aliphatic carbocycles. The van der Waals surface area contributed by atoms with Crippen molar-refractivity contribution < 1.29 is 8.78 Å². The Balaban J connectivity index is 1.54. The second kappa shape index (κ2) is 6.68. The Morgan fingerprint density at radius 3 is 2.38 bits per heavy atom. The van der Waals surface area contributed by atoms with Crippen LogP contribution in [0.25, 0.3) is 11.0 Å². The number of aromatic amines is 1. The number of nitrogens with one attached hydrogen (secondary N) is 1. The monoisotopic (exact) mass is 357 g/mol. The summed E-state index contributed by atoms with van der Waals surface area (Å²) >= 11 is 0. The molecule has 0 unspecified atom stereocenters. The summed E-state index contributed by atoms with van der Waals surface area (Å²) in [5.74, 6) is -1.01. The first-order valence-corrected chi connectivity index (χ1v) is 8.93. The SMILES string of the molecule is C[C@H](c1c(F)cccc1F)N1CCC(n2c(=O)[nH]c3ccccc32)CC1. The van der Waals surface area contributed by atoms with Crippen molar-refractivity contribution in [3.63, 3.8) is 0 Å². The Morgan fingerprint density at radius 2 is 1.69 bits per heavy atom. The largest absolute Gasteiger partial charge is 0.326 e. The highest BCUT2D eigenvalue weighted by molar-refractivity contribution is 5.75. The molecule has 1 fully saturated rings. The van der Waals surface area contributed by atoms with Crippen molar-refractivity contribution in [3.8, 4) is 0 Å². The average Bonchev–Trinajstić information content (AvgIpc) is 2.97. The summed E-state index contributed by atoms with van der Waals surface area (Å²) in [6.07, 6.45) is 1.53. The van der Waals surface area contributed by atoms with Crippen LogP contribution < -0.4 is 5.69 Å². The summed E-state index contributed by atoms with van der Waals surface area (Å²) in [7, 11) is 0. The fourth-order valence-corrected chi connectivity index (χ4v) is 4.06. The highest BCUT2D eigenvalue weighted by Gasteiger charge is 2.28. The number of benzene rings is 2. The Labute approximate surface area is 150 Å². The normalized spacial score (nSPS) is 17.7. The number of piperidine rings is 1. The molecule has 0 radical (unpaired) electrons. The van der Waals surface area contributed by atoms with Crippen LogP contribution in [0.5, 0.6) is 0 Å². The lowest BCUT2D eigenvalue weighted by Gasteiger charge is -2.36. The topological polar surface area (TPSA) is 41.0 Å².